The molecule has 0 fully saturated rings. The van der Waals surface area contributed by atoms with E-state index < -0.39 is 5.41 Å². The Bertz CT molecular complexity index is 788. The standard InChI is InChI=1S/C23H26Br2Cl4O2/c1-13(5-7-24)30-21-17(26)9-15(10-18(21)27)23(3,4)16-11-19(28)22(20(29)12-16)31-14(2)6-8-25/h9-14H,5-8H2,1-4H3. The van der Waals surface area contributed by atoms with Crippen molar-refractivity contribution in [3.05, 3.63) is 55.5 Å². The zero-order valence-corrected chi connectivity index (χ0v) is 24.1. The van der Waals surface area contributed by atoms with Gasteiger partial charge >= 0.3 is 0 Å². The summed E-state index contributed by atoms with van der Waals surface area (Å²) in [4.78, 5) is 0. The molecule has 0 aliphatic rings. The van der Waals surface area contributed by atoms with Gasteiger partial charge in [0.2, 0.25) is 0 Å². The van der Waals surface area contributed by atoms with E-state index in [4.69, 9.17) is 55.9 Å². The summed E-state index contributed by atoms with van der Waals surface area (Å²) in [6.45, 7) is 8.11. The fraction of sp³-hybridized carbons (Fsp3) is 0.478. The highest BCUT2D eigenvalue weighted by atomic mass is 79.9. The van der Waals surface area contributed by atoms with Crippen LogP contribution < -0.4 is 9.47 Å². The molecular weight excluding hydrogens is 610 g/mol. The first-order chi connectivity index (χ1) is 14.5. The largest absolute Gasteiger partial charge is 0.488 e. The fourth-order valence-corrected chi connectivity index (χ4v) is 5.50. The van der Waals surface area contributed by atoms with Gasteiger partial charge in [-0.1, -0.05) is 92.1 Å². The van der Waals surface area contributed by atoms with Gasteiger partial charge in [-0.3, -0.25) is 0 Å². The predicted molar refractivity (Wildman–Crippen MR) is 142 cm³/mol. The molecule has 2 atom stereocenters. The van der Waals surface area contributed by atoms with E-state index in [-0.39, 0.29) is 12.2 Å². The van der Waals surface area contributed by atoms with Crippen molar-refractivity contribution >= 4 is 78.3 Å². The molecule has 0 aromatic heterocycles. The number of hydrogen-bond acceptors (Lipinski definition) is 2. The van der Waals surface area contributed by atoms with Crippen LogP contribution in [0.5, 0.6) is 11.5 Å². The van der Waals surface area contributed by atoms with Gasteiger partial charge in [0.15, 0.2) is 11.5 Å². The van der Waals surface area contributed by atoms with Gasteiger partial charge in [-0.25, -0.2) is 0 Å². The SMILES string of the molecule is CC(CCBr)Oc1c(Cl)cc(C(C)(C)c2cc(Cl)c(OC(C)CCBr)c(Cl)c2)cc1Cl. The first-order valence-corrected chi connectivity index (χ1v) is 13.7. The molecule has 0 aliphatic heterocycles. The minimum atomic E-state index is -0.458. The van der Waals surface area contributed by atoms with E-state index in [0.717, 1.165) is 34.6 Å². The van der Waals surface area contributed by atoms with Crippen LogP contribution in [0.4, 0.5) is 0 Å². The molecule has 2 aromatic carbocycles. The van der Waals surface area contributed by atoms with Crippen LogP contribution in [0.15, 0.2) is 24.3 Å². The average molecular weight is 636 g/mol. The van der Waals surface area contributed by atoms with Crippen molar-refractivity contribution in [3.8, 4) is 11.5 Å². The Morgan fingerprint density at radius 3 is 1.26 bits per heavy atom. The number of hydrogen-bond donors (Lipinski definition) is 0. The molecule has 0 saturated heterocycles. The van der Waals surface area contributed by atoms with Crippen molar-refractivity contribution in [2.45, 2.75) is 58.2 Å². The van der Waals surface area contributed by atoms with Gasteiger partial charge < -0.3 is 9.47 Å². The van der Waals surface area contributed by atoms with Gasteiger partial charge in [0, 0.05) is 16.1 Å². The molecule has 172 valence electrons. The van der Waals surface area contributed by atoms with Crippen molar-refractivity contribution in [3.63, 3.8) is 0 Å². The number of benzene rings is 2. The summed E-state index contributed by atoms with van der Waals surface area (Å²) in [5, 5.41) is 3.56. The molecule has 0 N–H and O–H groups in total. The molecule has 0 amide bonds. The highest BCUT2D eigenvalue weighted by molar-refractivity contribution is 9.09. The molecule has 8 heteroatoms. The zero-order valence-electron chi connectivity index (χ0n) is 17.9. The van der Waals surface area contributed by atoms with E-state index in [2.05, 4.69) is 45.7 Å². The van der Waals surface area contributed by atoms with Crippen LogP contribution >= 0.6 is 78.3 Å². The predicted octanol–water partition coefficient (Wildman–Crippen LogP) is 9.73. The zero-order chi connectivity index (χ0) is 23.3. The normalized spacial score (nSPS) is 13.7. The lowest BCUT2D eigenvalue weighted by atomic mass is 9.78. The second-order valence-electron chi connectivity index (χ2n) is 7.98. The van der Waals surface area contributed by atoms with Crippen molar-refractivity contribution in [2.75, 3.05) is 10.7 Å². The highest BCUT2D eigenvalue weighted by Crippen LogP contribution is 2.44. The molecule has 2 rings (SSSR count). The van der Waals surface area contributed by atoms with Crippen molar-refractivity contribution in [2.24, 2.45) is 0 Å². The second-order valence-corrected chi connectivity index (χ2v) is 11.2. The second kappa shape index (κ2) is 12.0. The Morgan fingerprint density at radius 2 is 1.00 bits per heavy atom. The Labute approximate surface area is 222 Å². The van der Waals surface area contributed by atoms with Crippen LogP contribution in [-0.2, 0) is 5.41 Å². The highest BCUT2D eigenvalue weighted by Gasteiger charge is 2.28. The molecule has 0 bridgehead atoms. The molecule has 0 spiro atoms. The lowest BCUT2D eigenvalue weighted by molar-refractivity contribution is 0.219. The van der Waals surface area contributed by atoms with E-state index in [1.807, 2.05) is 38.1 Å². The maximum absolute atomic E-state index is 6.55. The number of alkyl halides is 2. The van der Waals surface area contributed by atoms with Gasteiger partial charge in [-0.15, -0.1) is 0 Å². The van der Waals surface area contributed by atoms with E-state index in [1.165, 1.54) is 0 Å². The minimum Gasteiger partial charge on any atom is -0.488 e. The molecule has 0 heterocycles. The summed E-state index contributed by atoms with van der Waals surface area (Å²) in [5.74, 6) is 0.994. The molecule has 2 aromatic rings. The molecule has 2 nitrogen and oxygen atoms in total. The summed E-state index contributed by atoms with van der Waals surface area (Å²) in [7, 11) is 0. The lowest BCUT2D eigenvalue weighted by Crippen LogP contribution is -2.20. The first kappa shape index (κ1) is 27.4. The van der Waals surface area contributed by atoms with E-state index in [1.54, 1.807) is 0 Å². The Kier molecular flexibility index (Phi) is 10.6. The molecule has 31 heavy (non-hydrogen) atoms. The topological polar surface area (TPSA) is 18.5 Å². The summed E-state index contributed by atoms with van der Waals surface area (Å²) in [5.41, 5.74) is 1.40. The number of rotatable bonds is 10. The minimum absolute atomic E-state index is 0.00896. The van der Waals surface area contributed by atoms with E-state index >= 15 is 0 Å². The summed E-state index contributed by atoms with van der Waals surface area (Å²) in [6, 6.07) is 7.53. The Hall–Kier alpha value is 0.160. The first-order valence-electron chi connectivity index (χ1n) is 9.95. The van der Waals surface area contributed by atoms with Crippen LogP contribution in [0.25, 0.3) is 0 Å². The smallest absolute Gasteiger partial charge is 0.156 e. The summed E-state index contributed by atoms with van der Waals surface area (Å²) < 4.78 is 11.9. The third-order valence-corrected chi connectivity index (χ3v) is 7.15. The number of halogens is 6. The molecule has 0 radical (unpaired) electrons. The Balaban J connectivity index is 2.38. The van der Waals surface area contributed by atoms with Gasteiger partial charge in [-0.05, 0) is 62.1 Å². The van der Waals surface area contributed by atoms with Crippen LogP contribution in [0.3, 0.4) is 0 Å². The maximum atomic E-state index is 6.55. The van der Waals surface area contributed by atoms with E-state index in [0.29, 0.717) is 31.6 Å². The van der Waals surface area contributed by atoms with Crippen molar-refractivity contribution < 1.29 is 9.47 Å². The average Bonchev–Trinajstić information content (AvgIpc) is 2.67. The fourth-order valence-electron chi connectivity index (χ4n) is 3.06. The van der Waals surface area contributed by atoms with Gasteiger partial charge in [-0.2, -0.15) is 0 Å². The van der Waals surface area contributed by atoms with Crippen LogP contribution in [-0.4, -0.2) is 22.9 Å². The number of ether oxygens (including phenoxy) is 2. The maximum Gasteiger partial charge on any atom is 0.156 e. The monoisotopic (exact) mass is 632 g/mol. The summed E-state index contributed by atoms with van der Waals surface area (Å²) in [6.07, 6.45) is 1.68. The summed E-state index contributed by atoms with van der Waals surface area (Å²) >= 11 is 33.0. The van der Waals surface area contributed by atoms with Gasteiger partial charge in [0.25, 0.3) is 0 Å². The van der Waals surface area contributed by atoms with Crippen LogP contribution in [0.2, 0.25) is 20.1 Å². The quantitative estimate of drug-likeness (QED) is 0.242. The van der Waals surface area contributed by atoms with Crippen LogP contribution in [0.1, 0.15) is 51.7 Å². The van der Waals surface area contributed by atoms with Crippen molar-refractivity contribution in [1.29, 1.82) is 0 Å². The van der Waals surface area contributed by atoms with E-state index in [9.17, 15) is 0 Å². The molecular formula is C23H26Br2Cl4O2. The third kappa shape index (κ3) is 7.07. The van der Waals surface area contributed by atoms with Crippen LogP contribution in [0, 0.1) is 0 Å². The lowest BCUT2D eigenvalue weighted by Gasteiger charge is -2.29. The Morgan fingerprint density at radius 1 is 0.710 bits per heavy atom. The molecule has 0 aliphatic carbocycles. The molecule has 2 unspecified atom stereocenters. The molecule has 0 saturated carbocycles. The van der Waals surface area contributed by atoms with Gasteiger partial charge in [0.05, 0.1) is 32.3 Å². The van der Waals surface area contributed by atoms with Crippen molar-refractivity contribution in [1.82, 2.24) is 0 Å². The third-order valence-electron chi connectivity index (χ3n) is 5.11. The van der Waals surface area contributed by atoms with Gasteiger partial charge in [0.1, 0.15) is 0 Å².